The first-order chi connectivity index (χ1) is 27.4. The summed E-state index contributed by atoms with van der Waals surface area (Å²) in [7, 11) is 0. The lowest BCUT2D eigenvalue weighted by atomic mass is 9.99. The highest BCUT2D eigenvalue weighted by atomic mass is 16.4. The number of carbonyl (C=O) groups is 9. The Kier molecular flexibility index (Phi) is 22.0. The average Bonchev–Trinajstić information content (AvgIpc) is 3.64. The molecule has 22 nitrogen and oxygen atoms in total. The summed E-state index contributed by atoms with van der Waals surface area (Å²) >= 11 is 0. The molecular formula is C37H65N9O13. The van der Waals surface area contributed by atoms with Crippen LogP contribution < -0.4 is 43.0 Å². The zero-order chi connectivity index (χ0) is 45.3. The molecule has 0 bridgehead atoms. The van der Waals surface area contributed by atoms with Crippen LogP contribution in [0.25, 0.3) is 0 Å². The van der Waals surface area contributed by atoms with Gasteiger partial charge in [-0.2, -0.15) is 0 Å². The Balaban J connectivity index is 3.12. The SMILES string of the molecule is CC(C)C[C@H](NC(=O)CN)C(=O)N[C@@H](CC(C)C)C(=O)N[C@H](C(=O)N1CCC[C@H]1C(=O)N[C@H](C(=O)N[C@@H](CO)C(=O)NCC(=O)N[C@H](C(=O)O)[C@@H](C)O)C(C)C)[C@@H](C)O. The minimum Gasteiger partial charge on any atom is -0.480 e. The third-order valence-corrected chi connectivity index (χ3v) is 9.32. The molecule has 8 amide bonds. The Bertz CT molecular complexity index is 1490. The maximum absolute atomic E-state index is 13.9. The molecule has 1 aliphatic rings. The maximum Gasteiger partial charge on any atom is 0.328 e. The van der Waals surface area contributed by atoms with Crippen LogP contribution in [0.1, 0.15) is 81.1 Å². The highest BCUT2D eigenvalue weighted by Crippen LogP contribution is 2.21. The number of nitrogens with one attached hydrogen (secondary N) is 7. The van der Waals surface area contributed by atoms with Gasteiger partial charge in [0.2, 0.25) is 47.3 Å². The van der Waals surface area contributed by atoms with Gasteiger partial charge in [-0.05, 0) is 57.3 Å². The number of amides is 8. The molecule has 1 rings (SSSR count). The van der Waals surface area contributed by atoms with Crippen LogP contribution in [-0.4, -0.2) is 159 Å². The minimum atomic E-state index is -1.65. The van der Waals surface area contributed by atoms with Crippen LogP contribution in [0.15, 0.2) is 0 Å². The van der Waals surface area contributed by atoms with Crippen molar-refractivity contribution in [2.75, 3.05) is 26.2 Å². The van der Waals surface area contributed by atoms with Crippen molar-refractivity contribution in [1.29, 1.82) is 0 Å². The second kappa shape index (κ2) is 24.9. The van der Waals surface area contributed by atoms with Crippen molar-refractivity contribution in [3.63, 3.8) is 0 Å². The van der Waals surface area contributed by atoms with Gasteiger partial charge in [0.1, 0.15) is 36.3 Å². The maximum atomic E-state index is 13.9. The van der Waals surface area contributed by atoms with Crippen molar-refractivity contribution in [1.82, 2.24) is 42.1 Å². The molecule has 1 fully saturated rings. The van der Waals surface area contributed by atoms with Crippen LogP contribution in [0.3, 0.4) is 0 Å². The van der Waals surface area contributed by atoms with E-state index >= 15 is 0 Å². The van der Waals surface area contributed by atoms with E-state index in [4.69, 9.17) is 10.8 Å². The van der Waals surface area contributed by atoms with E-state index in [1.807, 2.05) is 33.0 Å². The second-order valence-electron chi connectivity index (χ2n) is 15.9. The van der Waals surface area contributed by atoms with Gasteiger partial charge in [0.25, 0.3) is 0 Å². The molecule has 336 valence electrons. The van der Waals surface area contributed by atoms with Crippen molar-refractivity contribution in [2.45, 2.75) is 136 Å². The summed E-state index contributed by atoms with van der Waals surface area (Å²) in [4.78, 5) is 117. The molecule has 1 heterocycles. The number of rotatable bonds is 24. The van der Waals surface area contributed by atoms with Gasteiger partial charge >= 0.3 is 5.97 Å². The number of hydrogen-bond donors (Lipinski definition) is 12. The standard InChI is InChI=1S/C37H65N9O13/c1-17(2)12-22(40-26(50)14-38)32(53)41-23(13-18(3)4)33(54)45-29(20(7)48)36(57)46-11-9-10-25(46)34(55)44-28(19(5)6)35(56)42-24(16-47)31(52)39-15-27(51)43-30(21(8)49)37(58)59/h17-25,28-30,47-49H,9-16,38H2,1-8H3,(H,39,52)(H,40,50)(H,41,53)(H,42,56)(H,43,51)(H,44,55)(H,45,54)(H,58,59)/t20-,21-,22+,23+,24+,25+,28+,29+,30+/m1/s1. The molecule has 1 aliphatic heterocycles. The predicted molar refractivity (Wildman–Crippen MR) is 210 cm³/mol. The quantitative estimate of drug-likeness (QED) is 0.0436. The molecule has 0 radical (unpaired) electrons. The van der Waals surface area contributed by atoms with Gasteiger partial charge in [-0.3, -0.25) is 38.4 Å². The van der Waals surface area contributed by atoms with Crippen LogP contribution in [0.5, 0.6) is 0 Å². The molecule has 59 heavy (non-hydrogen) atoms. The molecule has 22 heteroatoms. The van der Waals surface area contributed by atoms with E-state index in [-0.39, 0.29) is 44.2 Å². The normalized spacial score (nSPS) is 18.0. The summed E-state index contributed by atoms with van der Waals surface area (Å²) in [5.41, 5.74) is 5.42. The highest BCUT2D eigenvalue weighted by molar-refractivity contribution is 5.98. The molecule has 9 atom stereocenters. The van der Waals surface area contributed by atoms with E-state index in [1.54, 1.807) is 13.8 Å². The summed E-state index contributed by atoms with van der Waals surface area (Å²) in [6.07, 6.45) is -2.01. The van der Waals surface area contributed by atoms with Crippen molar-refractivity contribution < 1.29 is 63.6 Å². The smallest absolute Gasteiger partial charge is 0.328 e. The van der Waals surface area contributed by atoms with E-state index in [0.717, 1.165) is 6.92 Å². The highest BCUT2D eigenvalue weighted by Gasteiger charge is 2.42. The van der Waals surface area contributed by atoms with E-state index in [9.17, 15) is 58.5 Å². The largest absolute Gasteiger partial charge is 0.480 e. The van der Waals surface area contributed by atoms with Gasteiger partial charge in [0.15, 0.2) is 6.04 Å². The Hall–Kier alpha value is -4.93. The number of carboxylic acids is 1. The second-order valence-corrected chi connectivity index (χ2v) is 15.9. The van der Waals surface area contributed by atoms with E-state index in [1.165, 1.54) is 11.8 Å². The van der Waals surface area contributed by atoms with Gasteiger partial charge in [0.05, 0.1) is 31.9 Å². The molecule has 0 unspecified atom stereocenters. The van der Waals surface area contributed by atoms with Gasteiger partial charge in [-0.1, -0.05) is 41.5 Å². The number of hydrogen-bond acceptors (Lipinski definition) is 13. The van der Waals surface area contributed by atoms with E-state index in [2.05, 4.69) is 31.9 Å². The molecule has 0 aromatic heterocycles. The summed E-state index contributed by atoms with van der Waals surface area (Å²) in [5, 5.41) is 56.0. The van der Waals surface area contributed by atoms with E-state index in [0.29, 0.717) is 6.42 Å². The zero-order valence-corrected chi connectivity index (χ0v) is 35.1. The fraction of sp³-hybridized carbons (Fsp3) is 0.757. The zero-order valence-electron chi connectivity index (χ0n) is 35.1. The van der Waals surface area contributed by atoms with Crippen molar-refractivity contribution in [2.24, 2.45) is 23.5 Å². The number of aliphatic hydroxyl groups excluding tert-OH is 3. The molecule has 0 saturated carbocycles. The van der Waals surface area contributed by atoms with Crippen LogP contribution in [-0.2, 0) is 43.2 Å². The fourth-order valence-electron chi connectivity index (χ4n) is 6.20. The lowest BCUT2D eigenvalue weighted by Gasteiger charge is -2.32. The van der Waals surface area contributed by atoms with Crippen molar-refractivity contribution in [3.05, 3.63) is 0 Å². The number of carboxylic acid groups (broad SMARTS) is 1. The van der Waals surface area contributed by atoms with Gasteiger partial charge in [-0.25, -0.2) is 4.79 Å². The van der Waals surface area contributed by atoms with Gasteiger partial charge < -0.3 is 68.3 Å². The number of nitrogens with zero attached hydrogens (tertiary/aromatic N) is 1. The van der Waals surface area contributed by atoms with Crippen molar-refractivity contribution >= 4 is 53.2 Å². The number of aliphatic carboxylic acids is 1. The molecule has 0 aromatic carbocycles. The minimum absolute atomic E-state index is 0.00908. The van der Waals surface area contributed by atoms with Crippen LogP contribution in [0.2, 0.25) is 0 Å². The lowest BCUT2D eigenvalue weighted by Crippen LogP contribution is -2.62. The molecule has 0 spiro atoms. The lowest BCUT2D eigenvalue weighted by molar-refractivity contribution is -0.145. The van der Waals surface area contributed by atoms with Crippen LogP contribution >= 0.6 is 0 Å². The number of nitrogens with two attached hydrogens (primary N) is 1. The topological polar surface area (TPSA) is 348 Å². The fourth-order valence-corrected chi connectivity index (χ4v) is 6.20. The number of likely N-dealkylation sites (tertiary alicyclic amines) is 1. The van der Waals surface area contributed by atoms with Gasteiger partial charge in [-0.15, -0.1) is 0 Å². The Morgan fingerprint density at radius 2 is 1.17 bits per heavy atom. The monoisotopic (exact) mass is 843 g/mol. The summed E-state index contributed by atoms with van der Waals surface area (Å²) in [5.74, 6) is -8.67. The first-order valence-corrected chi connectivity index (χ1v) is 19.7. The Labute approximate surface area is 343 Å². The van der Waals surface area contributed by atoms with Crippen LogP contribution in [0.4, 0.5) is 0 Å². The molecule has 1 saturated heterocycles. The molecule has 13 N–H and O–H groups in total. The van der Waals surface area contributed by atoms with E-state index < -0.39 is 127 Å². The average molecular weight is 844 g/mol. The number of aliphatic hydroxyl groups is 3. The predicted octanol–water partition coefficient (Wildman–Crippen LogP) is -4.45. The molecule has 0 aromatic rings. The third kappa shape index (κ3) is 17.1. The van der Waals surface area contributed by atoms with Crippen LogP contribution in [0, 0.1) is 17.8 Å². The number of carbonyl (C=O) groups excluding carboxylic acids is 8. The Morgan fingerprint density at radius 3 is 1.64 bits per heavy atom. The first-order valence-electron chi connectivity index (χ1n) is 19.7. The molecule has 0 aliphatic carbocycles. The van der Waals surface area contributed by atoms with Crippen molar-refractivity contribution in [3.8, 4) is 0 Å². The third-order valence-electron chi connectivity index (χ3n) is 9.32. The van der Waals surface area contributed by atoms with Gasteiger partial charge in [0, 0.05) is 6.54 Å². The first kappa shape index (κ1) is 52.1. The summed E-state index contributed by atoms with van der Waals surface area (Å²) in [6.45, 7) is 10.9. The summed E-state index contributed by atoms with van der Waals surface area (Å²) in [6, 6.07) is -9.42. The molecular weight excluding hydrogens is 778 g/mol. The Morgan fingerprint density at radius 1 is 0.644 bits per heavy atom. The summed E-state index contributed by atoms with van der Waals surface area (Å²) < 4.78 is 0.